The van der Waals surface area contributed by atoms with Gasteiger partial charge < -0.3 is 14.7 Å². The Kier molecular flexibility index (Phi) is 6.70. The Balaban J connectivity index is 1.48. The molecule has 0 saturated carbocycles. The van der Waals surface area contributed by atoms with Crippen LogP contribution in [0.15, 0.2) is 42.7 Å². The molecule has 6 rings (SSSR count). The number of aromatic nitrogens is 3. The van der Waals surface area contributed by atoms with Crippen molar-refractivity contribution in [2.24, 2.45) is 0 Å². The molecule has 40 heavy (non-hydrogen) atoms. The van der Waals surface area contributed by atoms with Crippen molar-refractivity contribution in [3.8, 4) is 28.0 Å². The molecule has 0 unspecified atom stereocenters. The van der Waals surface area contributed by atoms with Crippen LogP contribution in [-0.4, -0.2) is 39.2 Å². The van der Waals surface area contributed by atoms with E-state index in [1.54, 1.807) is 6.33 Å². The van der Waals surface area contributed by atoms with Crippen molar-refractivity contribution in [3.05, 3.63) is 87.9 Å². The lowest BCUT2D eigenvalue weighted by atomic mass is 9.85. The number of carbonyl (C=O) groups is 1. The van der Waals surface area contributed by atoms with Crippen LogP contribution in [-0.2, 0) is 30.6 Å². The van der Waals surface area contributed by atoms with E-state index in [0.29, 0.717) is 35.6 Å². The summed E-state index contributed by atoms with van der Waals surface area (Å²) in [4.78, 5) is 27.7. The zero-order valence-electron chi connectivity index (χ0n) is 22.9. The zero-order chi connectivity index (χ0) is 28.0. The Morgan fingerprint density at radius 2 is 1.80 bits per heavy atom. The molecule has 0 spiro atoms. The van der Waals surface area contributed by atoms with E-state index in [-0.39, 0.29) is 6.42 Å². The molecule has 0 aliphatic carbocycles. The molecule has 4 aromatic rings. The summed E-state index contributed by atoms with van der Waals surface area (Å²) >= 11 is 0. The van der Waals surface area contributed by atoms with E-state index in [0.717, 1.165) is 65.4 Å². The third-order valence-corrected chi connectivity index (χ3v) is 7.88. The number of halogens is 1. The van der Waals surface area contributed by atoms with Crippen LogP contribution in [0.4, 0.5) is 10.2 Å². The molecule has 0 radical (unpaired) electrons. The van der Waals surface area contributed by atoms with Gasteiger partial charge in [0.25, 0.3) is 0 Å². The van der Waals surface area contributed by atoms with Crippen molar-refractivity contribution in [1.29, 1.82) is 0 Å². The molecule has 0 saturated heterocycles. The topological polar surface area (TPSA) is 88.4 Å². The number of rotatable bonds is 5. The average Bonchev–Trinajstić information content (AvgIpc) is 2.93. The van der Waals surface area contributed by atoms with E-state index < -0.39 is 11.8 Å². The molecule has 1 N–H and O–H groups in total. The quantitative estimate of drug-likeness (QED) is 0.344. The monoisotopic (exact) mass is 538 g/mol. The van der Waals surface area contributed by atoms with Gasteiger partial charge in [0.2, 0.25) is 0 Å². The number of hydrogen-bond acceptors (Lipinski definition) is 6. The molecule has 0 atom stereocenters. The Hall–Kier alpha value is -4.33. The smallest absolute Gasteiger partial charge is 0.307 e. The highest BCUT2D eigenvalue weighted by Crippen LogP contribution is 2.42. The first kappa shape index (κ1) is 25.9. The molecular weight excluding hydrogens is 507 g/mol. The average molecular weight is 539 g/mol. The molecule has 2 aliphatic heterocycles. The SMILES string of the molecule is Cc1cc(N2CCc3cc(-c4c(C)nc(C)c(CC(=O)O)c4-c4cc(F)c5c(c4)CCCO5)ccc3C2)ncn1. The highest BCUT2D eigenvalue weighted by molar-refractivity contribution is 5.90. The fourth-order valence-corrected chi connectivity index (χ4v) is 6.02. The number of benzene rings is 2. The van der Waals surface area contributed by atoms with E-state index in [2.05, 4.69) is 33.1 Å². The molecule has 8 heteroatoms. The minimum absolute atomic E-state index is 0.200. The van der Waals surface area contributed by atoms with Gasteiger partial charge in [-0.1, -0.05) is 18.2 Å². The highest BCUT2D eigenvalue weighted by atomic mass is 19.1. The summed E-state index contributed by atoms with van der Waals surface area (Å²) < 4.78 is 20.9. The molecule has 204 valence electrons. The fourth-order valence-electron chi connectivity index (χ4n) is 6.02. The Labute approximate surface area is 232 Å². The van der Waals surface area contributed by atoms with Crippen LogP contribution in [0.2, 0.25) is 0 Å². The minimum Gasteiger partial charge on any atom is -0.490 e. The van der Waals surface area contributed by atoms with Gasteiger partial charge in [-0.15, -0.1) is 0 Å². The molecule has 7 nitrogen and oxygen atoms in total. The predicted molar refractivity (Wildman–Crippen MR) is 151 cm³/mol. The molecule has 4 heterocycles. The van der Waals surface area contributed by atoms with E-state index in [9.17, 15) is 9.90 Å². The predicted octanol–water partition coefficient (Wildman–Crippen LogP) is 5.78. The Bertz CT molecular complexity index is 1650. The first-order valence-electron chi connectivity index (χ1n) is 13.6. The maximum atomic E-state index is 15.3. The van der Waals surface area contributed by atoms with E-state index >= 15 is 4.39 Å². The van der Waals surface area contributed by atoms with Gasteiger partial charge in [0.05, 0.1) is 13.0 Å². The van der Waals surface area contributed by atoms with E-state index in [1.807, 2.05) is 32.9 Å². The van der Waals surface area contributed by atoms with Crippen LogP contribution in [0.1, 0.15) is 45.8 Å². The number of pyridine rings is 1. The molecule has 0 fully saturated rings. The number of carboxylic acids is 1. The molecule has 2 aromatic heterocycles. The minimum atomic E-state index is -0.951. The van der Waals surface area contributed by atoms with Gasteiger partial charge in [0.1, 0.15) is 12.1 Å². The summed E-state index contributed by atoms with van der Waals surface area (Å²) in [5, 5.41) is 9.80. The maximum absolute atomic E-state index is 15.3. The first-order valence-corrected chi connectivity index (χ1v) is 13.6. The summed E-state index contributed by atoms with van der Waals surface area (Å²) in [7, 11) is 0. The van der Waals surface area contributed by atoms with Crippen LogP contribution >= 0.6 is 0 Å². The second kappa shape index (κ2) is 10.3. The fraction of sp³-hybridized carbons (Fsp3) is 0.312. The van der Waals surface area contributed by atoms with Crippen molar-refractivity contribution in [2.45, 2.75) is 53.0 Å². The molecule has 0 bridgehead atoms. The lowest BCUT2D eigenvalue weighted by Crippen LogP contribution is -2.31. The number of anilines is 1. The number of aliphatic carboxylic acids is 1. The van der Waals surface area contributed by atoms with Gasteiger partial charge in [0, 0.05) is 41.8 Å². The summed E-state index contributed by atoms with van der Waals surface area (Å²) in [5.74, 6) is -0.152. The van der Waals surface area contributed by atoms with Crippen molar-refractivity contribution in [1.82, 2.24) is 15.0 Å². The zero-order valence-corrected chi connectivity index (χ0v) is 22.9. The summed E-state index contributed by atoms with van der Waals surface area (Å²) in [6, 6.07) is 11.8. The standard InChI is InChI=1S/C32H31FN4O3/c1-18-11-28(35-17-34-18)37-9-8-21-12-22(6-7-24(21)16-37)30-20(3)36-19(2)26(15-29(38)39)31(30)25-13-23-5-4-10-40-32(23)27(33)14-25/h6-7,11-14,17H,4-5,8-10,15-16H2,1-3H3,(H,38,39). The van der Waals surface area contributed by atoms with E-state index in [1.165, 1.54) is 17.2 Å². The lowest BCUT2D eigenvalue weighted by molar-refractivity contribution is -0.136. The second-order valence-electron chi connectivity index (χ2n) is 10.7. The van der Waals surface area contributed by atoms with Gasteiger partial charge in [-0.25, -0.2) is 14.4 Å². The summed E-state index contributed by atoms with van der Waals surface area (Å²) in [6.07, 6.45) is 3.77. The van der Waals surface area contributed by atoms with Gasteiger partial charge in [0.15, 0.2) is 11.6 Å². The molecule has 2 aliphatic rings. The van der Waals surface area contributed by atoms with Gasteiger partial charge in [-0.05, 0) is 91.1 Å². The maximum Gasteiger partial charge on any atom is 0.307 e. The second-order valence-corrected chi connectivity index (χ2v) is 10.7. The molecule has 0 amide bonds. The van der Waals surface area contributed by atoms with Crippen molar-refractivity contribution >= 4 is 11.8 Å². The van der Waals surface area contributed by atoms with Gasteiger partial charge in [-0.2, -0.15) is 0 Å². The normalized spacial score (nSPS) is 14.3. The third kappa shape index (κ3) is 4.78. The lowest BCUT2D eigenvalue weighted by Gasteiger charge is -2.30. The van der Waals surface area contributed by atoms with Crippen LogP contribution in [0.3, 0.4) is 0 Å². The number of carboxylic acid groups (broad SMARTS) is 1. The number of hydrogen-bond donors (Lipinski definition) is 1. The number of fused-ring (bicyclic) bond motifs is 2. The first-order chi connectivity index (χ1) is 19.3. The Morgan fingerprint density at radius 1 is 0.975 bits per heavy atom. The van der Waals surface area contributed by atoms with E-state index in [4.69, 9.17) is 9.72 Å². The van der Waals surface area contributed by atoms with Crippen LogP contribution < -0.4 is 9.64 Å². The van der Waals surface area contributed by atoms with Crippen LogP contribution in [0.5, 0.6) is 5.75 Å². The summed E-state index contributed by atoms with van der Waals surface area (Å²) in [6.45, 7) is 7.79. The summed E-state index contributed by atoms with van der Waals surface area (Å²) in [5.41, 5.74) is 9.40. The van der Waals surface area contributed by atoms with Gasteiger partial charge in [-0.3, -0.25) is 9.78 Å². The van der Waals surface area contributed by atoms with Crippen LogP contribution in [0, 0.1) is 26.6 Å². The Morgan fingerprint density at radius 3 is 2.60 bits per heavy atom. The number of nitrogens with zero attached hydrogens (tertiary/aromatic N) is 4. The number of aryl methyl sites for hydroxylation is 4. The van der Waals surface area contributed by atoms with Gasteiger partial charge >= 0.3 is 5.97 Å². The third-order valence-electron chi connectivity index (χ3n) is 7.88. The molecule has 2 aromatic carbocycles. The molecular formula is C32H31FN4O3. The van der Waals surface area contributed by atoms with Crippen molar-refractivity contribution < 1.29 is 19.0 Å². The number of ether oxygens (including phenoxy) is 1. The largest absolute Gasteiger partial charge is 0.490 e. The highest BCUT2D eigenvalue weighted by Gasteiger charge is 2.25. The van der Waals surface area contributed by atoms with Crippen LogP contribution in [0.25, 0.3) is 22.3 Å². The van der Waals surface area contributed by atoms with Crippen molar-refractivity contribution in [3.63, 3.8) is 0 Å². The van der Waals surface area contributed by atoms with Crippen molar-refractivity contribution in [2.75, 3.05) is 18.1 Å².